The minimum absolute atomic E-state index is 0.0770. The third-order valence-corrected chi connectivity index (χ3v) is 5.42. The lowest BCUT2D eigenvalue weighted by Gasteiger charge is -2.42. The zero-order valence-electron chi connectivity index (χ0n) is 14.4. The molecule has 0 aromatic carbocycles. The quantitative estimate of drug-likeness (QED) is 0.622. The molecule has 2 fully saturated rings. The van der Waals surface area contributed by atoms with Gasteiger partial charge in [0, 0.05) is 13.2 Å². The first-order valence-corrected chi connectivity index (χ1v) is 9.23. The number of hydrogen-bond donors (Lipinski definition) is 0. The highest BCUT2D eigenvalue weighted by molar-refractivity contribution is 4.94. The molecule has 0 N–H and O–H groups in total. The van der Waals surface area contributed by atoms with Crippen LogP contribution in [-0.2, 0) is 9.47 Å². The molecule has 7 atom stereocenters. The van der Waals surface area contributed by atoms with Gasteiger partial charge in [0.2, 0.25) is 0 Å². The van der Waals surface area contributed by atoms with Crippen LogP contribution in [-0.4, -0.2) is 43.9 Å². The van der Waals surface area contributed by atoms with Crippen molar-refractivity contribution in [3.63, 3.8) is 0 Å². The van der Waals surface area contributed by atoms with E-state index in [0.29, 0.717) is 38.9 Å². The Morgan fingerprint density at radius 2 is 1.61 bits per heavy atom. The molecule has 0 aromatic heterocycles. The monoisotopic (exact) mass is 336 g/mol. The van der Waals surface area contributed by atoms with Gasteiger partial charge in [0.1, 0.15) is 12.3 Å². The molecule has 2 aliphatic carbocycles. The van der Waals surface area contributed by atoms with Gasteiger partial charge in [-0.25, -0.2) is 13.2 Å². The van der Waals surface area contributed by atoms with Gasteiger partial charge in [0.25, 0.3) is 0 Å². The summed E-state index contributed by atoms with van der Waals surface area (Å²) in [6, 6.07) is 0. The van der Waals surface area contributed by atoms with Gasteiger partial charge < -0.3 is 9.47 Å². The highest BCUT2D eigenvalue weighted by Gasteiger charge is 2.46. The lowest BCUT2D eigenvalue weighted by atomic mass is 9.70. The van der Waals surface area contributed by atoms with E-state index in [-0.39, 0.29) is 17.9 Å². The van der Waals surface area contributed by atoms with Crippen LogP contribution >= 0.6 is 0 Å². The Bertz CT molecular complexity index is 342. The van der Waals surface area contributed by atoms with Gasteiger partial charge in [-0.3, -0.25) is 0 Å². The van der Waals surface area contributed by atoms with Crippen molar-refractivity contribution >= 4 is 0 Å². The van der Waals surface area contributed by atoms with E-state index >= 15 is 0 Å². The van der Waals surface area contributed by atoms with E-state index in [1.807, 2.05) is 0 Å². The fourth-order valence-corrected chi connectivity index (χ4v) is 4.08. The predicted octanol–water partition coefficient (Wildman–Crippen LogP) is 4.80. The number of halogens is 3. The maximum atomic E-state index is 14.5. The fraction of sp³-hybridized carbons (Fsp3) is 1.00. The summed E-state index contributed by atoms with van der Waals surface area (Å²) < 4.78 is 53.9. The zero-order valence-corrected chi connectivity index (χ0v) is 14.4. The van der Waals surface area contributed by atoms with E-state index in [0.717, 1.165) is 19.3 Å². The summed E-state index contributed by atoms with van der Waals surface area (Å²) in [5.74, 6) is -0.455. The molecule has 0 spiro atoms. The Hall–Kier alpha value is -0.290. The molecule has 2 aliphatic rings. The molecule has 2 rings (SSSR count). The van der Waals surface area contributed by atoms with Crippen molar-refractivity contribution in [3.05, 3.63) is 0 Å². The molecule has 2 saturated carbocycles. The Morgan fingerprint density at radius 1 is 0.870 bits per heavy atom. The molecular formula is C18H31F3O2. The van der Waals surface area contributed by atoms with Gasteiger partial charge >= 0.3 is 0 Å². The summed E-state index contributed by atoms with van der Waals surface area (Å²) in [7, 11) is 0. The Balaban J connectivity index is 1.84. The molecule has 23 heavy (non-hydrogen) atoms. The summed E-state index contributed by atoms with van der Waals surface area (Å²) in [4.78, 5) is 0. The molecule has 0 aromatic rings. The molecule has 136 valence electrons. The van der Waals surface area contributed by atoms with Crippen molar-refractivity contribution in [3.8, 4) is 0 Å². The smallest absolute Gasteiger partial charge is 0.157 e. The number of rotatable bonds is 7. The van der Waals surface area contributed by atoms with Crippen LogP contribution in [0.3, 0.4) is 0 Å². The summed E-state index contributed by atoms with van der Waals surface area (Å²) in [6.45, 7) is 4.85. The van der Waals surface area contributed by atoms with E-state index in [2.05, 4.69) is 6.92 Å². The van der Waals surface area contributed by atoms with Crippen LogP contribution in [0.15, 0.2) is 0 Å². The lowest BCUT2D eigenvalue weighted by Crippen LogP contribution is -2.47. The highest BCUT2D eigenvalue weighted by Crippen LogP contribution is 2.42. The van der Waals surface area contributed by atoms with Crippen LogP contribution < -0.4 is 0 Å². The minimum Gasteiger partial charge on any atom is -0.375 e. The molecule has 0 bridgehead atoms. The minimum atomic E-state index is -1.58. The predicted molar refractivity (Wildman–Crippen MR) is 84.8 cm³/mol. The molecule has 0 aliphatic heterocycles. The molecular weight excluding hydrogens is 305 g/mol. The summed E-state index contributed by atoms with van der Waals surface area (Å²) in [6.07, 6.45) is -0.443. The molecule has 0 saturated heterocycles. The van der Waals surface area contributed by atoms with Gasteiger partial charge in [0.05, 0.1) is 12.2 Å². The maximum absolute atomic E-state index is 14.5. The van der Waals surface area contributed by atoms with Gasteiger partial charge in [-0.15, -0.1) is 0 Å². The van der Waals surface area contributed by atoms with Crippen LogP contribution in [0.1, 0.15) is 58.8 Å². The first-order valence-electron chi connectivity index (χ1n) is 9.23. The third-order valence-electron chi connectivity index (χ3n) is 5.42. The Kier molecular flexibility index (Phi) is 7.67. The molecule has 0 heterocycles. The molecule has 0 amide bonds. The second-order valence-corrected chi connectivity index (χ2v) is 6.98. The Morgan fingerprint density at radius 3 is 2.26 bits per heavy atom. The average Bonchev–Trinajstić information content (AvgIpc) is 2.54. The SMILES string of the molecule is CCCCOC1CCC(C2CCC(OCC)C(F)C2F)CC1F. The average molecular weight is 336 g/mol. The molecule has 2 nitrogen and oxygen atoms in total. The number of ether oxygens (including phenoxy) is 2. The summed E-state index contributed by atoms with van der Waals surface area (Å²) in [5.41, 5.74) is 0. The van der Waals surface area contributed by atoms with Gasteiger partial charge in [0.15, 0.2) is 6.17 Å². The van der Waals surface area contributed by atoms with E-state index in [1.54, 1.807) is 6.92 Å². The molecule has 0 radical (unpaired) electrons. The lowest BCUT2D eigenvalue weighted by molar-refractivity contribution is -0.0972. The van der Waals surface area contributed by atoms with Gasteiger partial charge in [-0.1, -0.05) is 13.3 Å². The molecule has 5 heteroatoms. The van der Waals surface area contributed by atoms with Crippen molar-refractivity contribution in [2.75, 3.05) is 13.2 Å². The van der Waals surface area contributed by atoms with Crippen molar-refractivity contribution in [1.29, 1.82) is 0 Å². The maximum Gasteiger partial charge on any atom is 0.157 e. The largest absolute Gasteiger partial charge is 0.375 e. The third kappa shape index (κ3) is 4.85. The number of alkyl halides is 3. The number of unbranched alkanes of at least 4 members (excludes halogenated alkanes) is 1. The summed E-state index contributed by atoms with van der Waals surface area (Å²) in [5, 5.41) is 0. The topological polar surface area (TPSA) is 18.5 Å². The zero-order chi connectivity index (χ0) is 16.8. The van der Waals surface area contributed by atoms with Crippen LogP contribution in [0.25, 0.3) is 0 Å². The van der Waals surface area contributed by atoms with Crippen LogP contribution in [0.2, 0.25) is 0 Å². The van der Waals surface area contributed by atoms with Crippen LogP contribution in [0, 0.1) is 11.8 Å². The standard InChI is InChI=1S/C18H31F3O2/c1-3-5-10-23-15-8-6-12(11-14(15)19)13-7-9-16(22-4-2)18(21)17(13)20/h12-18H,3-11H2,1-2H3. The van der Waals surface area contributed by atoms with Gasteiger partial charge in [-0.2, -0.15) is 0 Å². The van der Waals surface area contributed by atoms with E-state index in [4.69, 9.17) is 9.47 Å². The number of hydrogen-bond acceptors (Lipinski definition) is 2. The highest BCUT2D eigenvalue weighted by atomic mass is 19.2. The van der Waals surface area contributed by atoms with Gasteiger partial charge in [-0.05, 0) is 57.3 Å². The summed E-state index contributed by atoms with van der Waals surface area (Å²) >= 11 is 0. The first-order chi connectivity index (χ1) is 11.1. The normalized spacial score (nSPS) is 41.9. The van der Waals surface area contributed by atoms with E-state index in [1.165, 1.54) is 0 Å². The van der Waals surface area contributed by atoms with Crippen LogP contribution in [0.4, 0.5) is 13.2 Å². The van der Waals surface area contributed by atoms with E-state index < -0.39 is 24.6 Å². The Labute approximate surface area is 138 Å². The van der Waals surface area contributed by atoms with E-state index in [9.17, 15) is 13.2 Å². The first kappa shape index (κ1) is 19.0. The fourth-order valence-electron chi connectivity index (χ4n) is 4.08. The van der Waals surface area contributed by atoms with Crippen molar-refractivity contribution < 1.29 is 22.6 Å². The second-order valence-electron chi connectivity index (χ2n) is 6.98. The molecule has 7 unspecified atom stereocenters. The van der Waals surface area contributed by atoms with Crippen molar-refractivity contribution in [2.24, 2.45) is 11.8 Å². The van der Waals surface area contributed by atoms with Crippen molar-refractivity contribution in [2.45, 2.75) is 89.5 Å². The van der Waals surface area contributed by atoms with Crippen molar-refractivity contribution in [1.82, 2.24) is 0 Å². The second kappa shape index (κ2) is 9.26. The van der Waals surface area contributed by atoms with Crippen LogP contribution in [0.5, 0.6) is 0 Å².